The van der Waals surface area contributed by atoms with Crippen molar-refractivity contribution in [2.45, 2.75) is 32.2 Å². The van der Waals surface area contributed by atoms with E-state index >= 15 is 0 Å². The Labute approximate surface area is 103 Å². The van der Waals surface area contributed by atoms with E-state index in [9.17, 15) is 0 Å². The molecule has 1 nitrogen and oxygen atoms in total. The van der Waals surface area contributed by atoms with Crippen LogP contribution in [0, 0.1) is 12.3 Å². The molecule has 1 aromatic rings. The highest BCUT2D eigenvalue weighted by molar-refractivity contribution is 6.31. The summed E-state index contributed by atoms with van der Waals surface area (Å²) in [5.41, 5.74) is 1.19. The van der Waals surface area contributed by atoms with Gasteiger partial charge in [-0.2, -0.15) is 0 Å². The molecular weight excluding hydrogens is 218 g/mol. The summed E-state index contributed by atoms with van der Waals surface area (Å²) in [4.78, 5) is 0. The van der Waals surface area contributed by atoms with Crippen LogP contribution in [-0.2, 0) is 6.42 Å². The third kappa shape index (κ3) is 4.26. The Hall–Kier alpha value is -0.970. The van der Waals surface area contributed by atoms with Crippen LogP contribution in [0.3, 0.4) is 0 Å². The maximum absolute atomic E-state index is 6.13. The number of terminal acetylenes is 1. The first-order chi connectivity index (χ1) is 7.77. The number of halogens is 1. The lowest BCUT2D eigenvalue weighted by Gasteiger charge is -2.17. The van der Waals surface area contributed by atoms with E-state index < -0.39 is 0 Å². The lowest BCUT2D eigenvalue weighted by molar-refractivity contribution is 0.497. The zero-order chi connectivity index (χ0) is 11.8. The fourth-order valence-electron chi connectivity index (χ4n) is 1.75. The van der Waals surface area contributed by atoms with Gasteiger partial charge in [0.2, 0.25) is 0 Å². The Bertz CT molecular complexity index is 354. The smallest absolute Gasteiger partial charge is 0.0438 e. The van der Waals surface area contributed by atoms with Crippen molar-refractivity contribution in [3.8, 4) is 12.3 Å². The molecule has 2 heteroatoms. The van der Waals surface area contributed by atoms with E-state index in [1.807, 2.05) is 18.2 Å². The summed E-state index contributed by atoms with van der Waals surface area (Å²) < 4.78 is 0. The second-order valence-electron chi connectivity index (χ2n) is 3.79. The van der Waals surface area contributed by atoms with Crippen LogP contribution >= 0.6 is 11.6 Å². The molecule has 1 unspecified atom stereocenters. The van der Waals surface area contributed by atoms with Crippen LogP contribution in [0.1, 0.15) is 25.3 Å². The molecule has 0 amide bonds. The molecule has 1 rings (SSSR count). The van der Waals surface area contributed by atoms with Gasteiger partial charge in [0, 0.05) is 17.5 Å². The second kappa shape index (κ2) is 7.33. The van der Waals surface area contributed by atoms with E-state index in [-0.39, 0.29) is 0 Å². The summed E-state index contributed by atoms with van der Waals surface area (Å²) in [6.07, 6.45) is 8.04. The van der Waals surface area contributed by atoms with E-state index in [2.05, 4.69) is 24.2 Å². The fourth-order valence-corrected chi connectivity index (χ4v) is 1.96. The molecular formula is C14H18ClN. The lowest BCUT2D eigenvalue weighted by Crippen LogP contribution is -2.30. The fraction of sp³-hybridized carbons (Fsp3) is 0.429. The molecule has 0 aliphatic heterocycles. The number of hydrogen-bond donors (Lipinski definition) is 1. The van der Waals surface area contributed by atoms with Gasteiger partial charge in [0.15, 0.2) is 0 Å². The zero-order valence-corrected chi connectivity index (χ0v) is 10.4. The van der Waals surface area contributed by atoms with E-state index in [0.29, 0.717) is 6.04 Å². The van der Waals surface area contributed by atoms with Gasteiger partial charge >= 0.3 is 0 Å². The topological polar surface area (TPSA) is 12.0 Å². The summed E-state index contributed by atoms with van der Waals surface area (Å²) in [5, 5.41) is 4.28. The third-order valence-corrected chi connectivity index (χ3v) is 2.92. The molecule has 0 spiro atoms. The predicted octanol–water partition coefficient (Wildman–Crippen LogP) is 3.27. The molecule has 0 fully saturated rings. The Morgan fingerprint density at radius 3 is 2.81 bits per heavy atom. The van der Waals surface area contributed by atoms with Crippen LogP contribution in [0.4, 0.5) is 0 Å². The summed E-state index contributed by atoms with van der Waals surface area (Å²) in [6.45, 7) is 3.06. The maximum atomic E-state index is 6.13. The van der Waals surface area contributed by atoms with E-state index in [1.54, 1.807) is 0 Å². The Balaban J connectivity index is 2.60. The SMILES string of the molecule is C#CCCC(Cc1ccccc1Cl)NCC. The molecule has 0 bridgehead atoms. The van der Waals surface area contributed by atoms with Crippen molar-refractivity contribution in [1.29, 1.82) is 0 Å². The summed E-state index contributed by atoms with van der Waals surface area (Å²) in [7, 11) is 0. The molecule has 0 heterocycles. The first-order valence-electron chi connectivity index (χ1n) is 5.68. The largest absolute Gasteiger partial charge is 0.314 e. The van der Waals surface area contributed by atoms with Crippen molar-refractivity contribution >= 4 is 11.6 Å². The molecule has 0 aromatic heterocycles. The Morgan fingerprint density at radius 2 is 2.19 bits per heavy atom. The molecule has 16 heavy (non-hydrogen) atoms. The first kappa shape index (κ1) is 13.1. The highest BCUT2D eigenvalue weighted by Gasteiger charge is 2.09. The van der Waals surface area contributed by atoms with Crippen LogP contribution in [-0.4, -0.2) is 12.6 Å². The van der Waals surface area contributed by atoms with Crippen molar-refractivity contribution in [2.75, 3.05) is 6.54 Å². The van der Waals surface area contributed by atoms with Crippen molar-refractivity contribution in [2.24, 2.45) is 0 Å². The summed E-state index contributed by atoms with van der Waals surface area (Å²) >= 11 is 6.13. The molecule has 0 aliphatic rings. The molecule has 0 aliphatic carbocycles. The minimum atomic E-state index is 0.418. The highest BCUT2D eigenvalue weighted by Crippen LogP contribution is 2.17. The van der Waals surface area contributed by atoms with Gasteiger partial charge in [-0.3, -0.25) is 0 Å². The highest BCUT2D eigenvalue weighted by atomic mass is 35.5. The molecule has 1 N–H and O–H groups in total. The average Bonchev–Trinajstić information content (AvgIpc) is 2.29. The lowest BCUT2D eigenvalue weighted by atomic mass is 10.0. The van der Waals surface area contributed by atoms with Crippen LogP contribution in [0.2, 0.25) is 5.02 Å². The number of hydrogen-bond acceptors (Lipinski definition) is 1. The molecule has 0 saturated carbocycles. The molecule has 86 valence electrons. The minimum absolute atomic E-state index is 0.418. The molecule has 1 aromatic carbocycles. The summed E-state index contributed by atoms with van der Waals surface area (Å²) in [5.74, 6) is 2.68. The van der Waals surface area contributed by atoms with Gasteiger partial charge in [0.1, 0.15) is 0 Å². The van der Waals surface area contributed by atoms with Crippen LogP contribution in [0.5, 0.6) is 0 Å². The maximum Gasteiger partial charge on any atom is 0.0438 e. The monoisotopic (exact) mass is 235 g/mol. The van der Waals surface area contributed by atoms with Gasteiger partial charge in [0.05, 0.1) is 0 Å². The van der Waals surface area contributed by atoms with Crippen LogP contribution in [0.15, 0.2) is 24.3 Å². The Kier molecular flexibility index (Phi) is 6.00. The number of benzene rings is 1. The van der Waals surface area contributed by atoms with Gasteiger partial charge in [0.25, 0.3) is 0 Å². The average molecular weight is 236 g/mol. The predicted molar refractivity (Wildman–Crippen MR) is 70.7 cm³/mol. The van der Waals surface area contributed by atoms with Crippen molar-refractivity contribution in [3.63, 3.8) is 0 Å². The van der Waals surface area contributed by atoms with Gasteiger partial charge < -0.3 is 5.32 Å². The quantitative estimate of drug-likeness (QED) is 0.747. The normalized spacial score (nSPS) is 12.1. The number of likely N-dealkylation sites (N-methyl/N-ethyl adjacent to an activating group) is 1. The third-order valence-electron chi connectivity index (χ3n) is 2.55. The molecule has 1 atom stereocenters. The van der Waals surface area contributed by atoms with Gasteiger partial charge in [-0.05, 0) is 31.0 Å². The van der Waals surface area contributed by atoms with Crippen molar-refractivity contribution in [1.82, 2.24) is 5.32 Å². The van der Waals surface area contributed by atoms with E-state index in [0.717, 1.165) is 30.8 Å². The van der Waals surface area contributed by atoms with Crippen molar-refractivity contribution in [3.05, 3.63) is 34.9 Å². The number of rotatable bonds is 6. The van der Waals surface area contributed by atoms with Gasteiger partial charge in [-0.25, -0.2) is 0 Å². The summed E-state index contributed by atoms with van der Waals surface area (Å²) in [6, 6.07) is 8.39. The number of nitrogens with one attached hydrogen (secondary N) is 1. The van der Waals surface area contributed by atoms with E-state index in [4.69, 9.17) is 18.0 Å². The van der Waals surface area contributed by atoms with Crippen molar-refractivity contribution < 1.29 is 0 Å². The minimum Gasteiger partial charge on any atom is -0.314 e. The van der Waals surface area contributed by atoms with Crippen LogP contribution < -0.4 is 5.32 Å². The molecule has 0 saturated heterocycles. The Morgan fingerprint density at radius 1 is 1.44 bits per heavy atom. The second-order valence-corrected chi connectivity index (χ2v) is 4.20. The molecule has 0 radical (unpaired) electrons. The zero-order valence-electron chi connectivity index (χ0n) is 9.67. The van der Waals surface area contributed by atoms with Gasteiger partial charge in [-0.1, -0.05) is 36.7 Å². The standard InChI is InChI=1S/C14H18ClN/c1-3-5-9-13(16-4-2)11-12-8-6-7-10-14(12)15/h1,6-8,10,13,16H,4-5,9,11H2,2H3. The first-order valence-corrected chi connectivity index (χ1v) is 6.06. The van der Waals surface area contributed by atoms with Crippen LogP contribution in [0.25, 0.3) is 0 Å². The van der Waals surface area contributed by atoms with E-state index in [1.165, 1.54) is 5.56 Å². The van der Waals surface area contributed by atoms with Gasteiger partial charge in [-0.15, -0.1) is 12.3 Å².